The summed E-state index contributed by atoms with van der Waals surface area (Å²) >= 11 is 0. The predicted molar refractivity (Wildman–Crippen MR) is 139 cm³/mol. The molecule has 1 rings (SSSR count). The van der Waals surface area contributed by atoms with Gasteiger partial charge in [0.1, 0.15) is 46.1 Å². The molecule has 0 atom stereocenters. The highest BCUT2D eigenvalue weighted by molar-refractivity contribution is 5.92. The lowest BCUT2D eigenvalue weighted by molar-refractivity contribution is -0.134. The van der Waals surface area contributed by atoms with Gasteiger partial charge in [-0.2, -0.15) is 0 Å². The Hall–Kier alpha value is -3.08. The van der Waals surface area contributed by atoms with Crippen LogP contribution in [0.3, 0.4) is 0 Å². The summed E-state index contributed by atoms with van der Waals surface area (Å²) in [6, 6.07) is 0. The molecule has 214 valence electrons. The summed E-state index contributed by atoms with van der Waals surface area (Å²) in [5, 5.41) is 15.1. The normalized spacial score (nSPS) is 13.6. The number of hydrogen-bond donors (Lipinski definition) is 3. The average Bonchev–Trinajstić information content (AvgIpc) is 3.32. The van der Waals surface area contributed by atoms with Gasteiger partial charge in [0.25, 0.3) is 5.97 Å². The number of rotatable bonds is 20. The van der Waals surface area contributed by atoms with Gasteiger partial charge < -0.3 is 20.4 Å². The zero-order chi connectivity index (χ0) is 29.1. The SMILES string of the molecule is CC(=O)CCC(=O)CCC(=O)CCC(=O)CCC(=O)CCC(=O)CCOC1(C(=N)N)CCCC1.CC(=O)O. The van der Waals surface area contributed by atoms with E-state index < -0.39 is 11.6 Å². The fourth-order valence-corrected chi connectivity index (χ4v) is 3.85. The lowest BCUT2D eigenvalue weighted by Gasteiger charge is -2.27. The molecule has 1 saturated carbocycles. The number of carboxylic acid groups (broad SMARTS) is 1. The van der Waals surface area contributed by atoms with Gasteiger partial charge in [-0.1, -0.05) is 0 Å². The Balaban J connectivity index is 0.00000318. The van der Waals surface area contributed by atoms with E-state index >= 15 is 0 Å². The molecule has 11 heteroatoms. The highest BCUT2D eigenvalue weighted by Gasteiger charge is 2.38. The van der Waals surface area contributed by atoms with Crippen LogP contribution in [0.15, 0.2) is 0 Å². The van der Waals surface area contributed by atoms with E-state index in [1.54, 1.807) is 0 Å². The van der Waals surface area contributed by atoms with Gasteiger partial charge in [-0.05, 0) is 32.6 Å². The number of Topliss-reactive ketones (excluding diaryl/α,β-unsaturated/α-hetero) is 6. The first-order chi connectivity index (χ1) is 17.8. The molecule has 4 N–H and O–H groups in total. The van der Waals surface area contributed by atoms with Crippen LogP contribution in [0, 0.1) is 5.41 Å². The zero-order valence-corrected chi connectivity index (χ0v) is 22.6. The monoisotopic (exact) mass is 538 g/mol. The van der Waals surface area contributed by atoms with Crippen LogP contribution in [-0.4, -0.2) is 63.8 Å². The Labute approximate surface area is 223 Å². The van der Waals surface area contributed by atoms with Crippen molar-refractivity contribution >= 4 is 46.5 Å². The van der Waals surface area contributed by atoms with Crippen LogP contribution in [-0.2, 0) is 38.3 Å². The molecule has 0 unspecified atom stereocenters. The van der Waals surface area contributed by atoms with Crippen LogP contribution < -0.4 is 5.73 Å². The number of hydrogen-bond acceptors (Lipinski definition) is 9. The van der Waals surface area contributed by atoms with Crippen molar-refractivity contribution in [3.63, 3.8) is 0 Å². The quantitative estimate of drug-likeness (QED) is 0.153. The first-order valence-electron chi connectivity index (χ1n) is 13.0. The van der Waals surface area contributed by atoms with Crippen molar-refractivity contribution in [2.75, 3.05) is 6.61 Å². The van der Waals surface area contributed by atoms with Crippen molar-refractivity contribution in [1.82, 2.24) is 0 Å². The molecule has 1 aliphatic rings. The highest BCUT2D eigenvalue weighted by Crippen LogP contribution is 2.33. The number of carbonyl (C=O) groups is 7. The van der Waals surface area contributed by atoms with Gasteiger partial charge in [0, 0.05) is 77.6 Å². The number of amidine groups is 1. The van der Waals surface area contributed by atoms with Crippen molar-refractivity contribution in [1.29, 1.82) is 5.41 Å². The van der Waals surface area contributed by atoms with Gasteiger partial charge in [-0.3, -0.25) is 34.2 Å². The number of ketones is 6. The van der Waals surface area contributed by atoms with Crippen molar-refractivity contribution in [3.05, 3.63) is 0 Å². The van der Waals surface area contributed by atoms with Crippen LogP contribution in [0.1, 0.15) is 110 Å². The standard InChI is InChI=1S/C25H38N2O7.C2H4O2/c1-18(28)4-5-19(29)6-7-20(30)8-9-21(31)10-11-22(32)12-13-23(33)14-17-34-25(24(26)27)15-2-3-16-25;1-2(3)4/h2-17H2,1H3,(H3,26,27);1H3,(H,3,4). The molecule has 0 aromatic carbocycles. The molecule has 0 spiro atoms. The fraction of sp³-hybridized carbons (Fsp3) is 0.704. The van der Waals surface area contributed by atoms with Crippen LogP contribution in [0.25, 0.3) is 0 Å². The van der Waals surface area contributed by atoms with Crippen molar-refractivity contribution in [2.45, 2.75) is 116 Å². The van der Waals surface area contributed by atoms with Crippen molar-refractivity contribution in [3.8, 4) is 0 Å². The average molecular weight is 539 g/mol. The van der Waals surface area contributed by atoms with Crippen LogP contribution >= 0.6 is 0 Å². The first-order valence-corrected chi connectivity index (χ1v) is 13.0. The smallest absolute Gasteiger partial charge is 0.300 e. The summed E-state index contributed by atoms with van der Waals surface area (Å²) < 4.78 is 5.75. The second-order valence-corrected chi connectivity index (χ2v) is 9.63. The summed E-state index contributed by atoms with van der Waals surface area (Å²) in [6.45, 7) is 2.66. The Morgan fingerprint density at radius 2 is 0.947 bits per heavy atom. The highest BCUT2D eigenvalue weighted by atomic mass is 16.5. The minimum Gasteiger partial charge on any atom is -0.481 e. The molecule has 38 heavy (non-hydrogen) atoms. The van der Waals surface area contributed by atoms with Gasteiger partial charge in [-0.15, -0.1) is 0 Å². The topological polar surface area (TPSA) is 199 Å². The van der Waals surface area contributed by atoms with E-state index in [0.717, 1.165) is 19.8 Å². The summed E-state index contributed by atoms with van der Waals surface area (Å²) in [4.78, 5) is 79.2. The predicted octanol–water partition coefficient (Wildman–Crippen LogP) is 3.07. The number of nitrogens with one attached hydrogen (secondary N) is 1. The second kappa shape index (κ2) is 19.1. The van der Waals surface area contributed by atoms with Crippen LogP contribution in [0.4, 0.5) is 0 Å². The number of aliphatic carboxylic acids is 1. The number of ether oxygens (including phenoxy) is 1. The number of nitrogens with two attached hydrogens (primary N) is 1. The zero-order valence-electron chi connectivity index (χ0n) is 22.6. The van der Waals surface area contributed by atoms with Crippen molar-refractivity contribution < 1.29 is 43.4 Å². The van der Waals surface area contributed by atoms with E-state index in [0.29, 0.717) is 12.8 Å². The Morgan fingerprint density at radius 1 is 0.658 bits per heavy atom. The Kier molecular flexibility index (Phi) is 17.5. The molecule has 0 aromatic heterocycles. The third-order valence-corrected chi connectivity index (χ3v) is 6.15. The van der Waals surface area contributed by atoms with E-state index in [-0.39, 0.29) is 118 Å². The molecule has 1 aliphatic carbocycles. The Morgan fingerprint density at radius 3 is 1.24 bits per heavy atom. The molecular weight excluding hydrogens is 496 g/mol. The van der Waals surface area contributed by atoms with Crippen LogP contribution in [0.5, 0.6) is 0 Å². The number of carboxylic acids is 1. The molecule has 0 heterocycles. The van der Waals surface area contributed by atoms with E-state index in [4.69, 9.17) is 25.8 Å². The van der Waals surface area contributed by atoms with Gasteiger partial charge >= 0.3 is 0 Å². The third-order valence-electron chi connectivity index (χ3n) is 6.15. The lowest BCUT2D eigenvalue weighted by atomic mass is 10.0. The molecule has 0 aliphatic heterocycles. The molecule has 0 radical (unpaired) electrons. The molecule has 11 nitrogen and oxygen atoms in total. The summed E-state index contributed by atoms with van der Waals surface area (Å²) in [6.07, 6.45) is 4.14. The van der Waals surface area contributed by atoms with Gasteiger partial charge in [0.2, 0.25) is 0 Å². The molecule has 1 fully saturated rings. The van der Waals surface area contributed by atoms with Crippen LogP contribution in [0.2, 0.25) is 0 Å². The van der Waals surface area contributed by atoms with E-state index in [2.05, 4.69) is 0 Å². The van der Waals surface area contributed by atoms with Gasteiger partial charge in [-0.25, -0.2) is 0 Å². The molecule has 0 bridgehead atoms. The molecular formula is C27H42N2O9. The van der Waals surface area contributed by atoms with E-state index in [1.165, 1.54) is 6.92 Å². The number of carbonyl (C=O) groups excluding carboxylic acids is 6. The second-order valence-electron chi connectivity index (χ2n) is 9.63. The first kappa shape index (κ1) is 34.9. The molecule has 0 saturated heterocycles. The van der Waals surface area contributed by atoms with Gasteiger partial charge in [0.05, 0.1) is 6.61 Å². The van der Waals surface area contributed by atoms with E-state index in [9.17, 15) is 28.8 Å². The maximum atomic E-state index is 12.0. The van der Waals surface area contributed by atoms with E-state index in [1.807, 2.05) is 0 Å². The minimum atomic E-state index is -0.833. The summed E-state index contributed by atoms with van der Waals surface area (Å²) in [7, 11) is 0. The van der Waals surface area contributed by atoms with Gasteiger partial charge in [0.15, 0.2) is 0 Å². The lowest BCUT2D eigenvalue weighted by Crippen LogP contribution is -2.43. The Bertz CT molecular complexity index is 870. The summed E-state index contributed by atoms with van der Waals surface area (Å²) in [5.41, 5.74) is 4.90. The fourth-order valence-electron chi connectivity index (χ4n) is 3.85. The largest absolute Gasteiger partial charge is 0.481 e. The maximum Gasteiger partial charge on any atom is 0.300 e. The third kappa shape index (κ3) is 17.4. The minimum absolute atomic E-state index is 0.00264. The molecule has 0 amide bonds. The maximum absolute atomic E-state index is 12.0. The molecule has 0 aromatic rings. The summed E-state index contributed by atoms with van der Waals surface area (Å²) in [5.74, 6) is -1.72. The van der Waals surface area contributed by atoms with Crippen molar-refractivity contribution in [2.24, 2.45) is 5.73 Å².